The number of hydrogen-bond acceptors (Lipinski definition) is 3. The van der Waals surface area contributed by atoms with E-state index in [-0.39, 0.29) is 5.56 Å². The van der Waals surface area contributed by atoms with Crippen molar-refractivity contribution in [3.05, 3.63) is 58.5 Å². The van der Waals surface area contributed by atoms with Gasteiger partial charge in [-0.05, 0) is 5.56 Å². The first kappa shape index (κ1) is 9.45. The zero-order valence-corrected chi connectivity index (χ0v) is 8.10. The molecule has 4 nitrogen and oxygen atoms in total. The molecule has 0 aliphatic carbocycles. The SMILES string of the molecule is O=c1cc(NCc2ccccc2)cn[nH]1. The van der Waals surface area contributed by atoms with Gasteiger partial charge in [0.05, 0.1) is 11.9 Å². The fourth-order valence-corrected chi connectivity index (χ4v) is 1.27. The molecular weight excluding hydrogens is 190 g/mol. The Labute approximate surface area is 87.0 Å². The van der Waals surface area contributed by atoms with E-state index in [4.69, 9.17) is 0 Å². The summed E-state index contributed by atoms with van der Waals surface area (Å²) in [6.45, 7) is 0.686. The van der Waals surface area contributed by atoms with Crippen molar-refractivity contribution in [2.24, 2.45) is 0 Å². The molecule has 0 saturated heterocycles. The Morgan fingerprint density at radius 1 is 1.27 bits per heavy atom. The molecule has 0 fully saturated rings. The van der Waals surface area contributed by atoms with E-state index in [0.717, 1.165) is 11.3 Å². The normalized spacial score (nSPS) is 9.87. The van der Waals surface area contributed by atoms with E-state index >= 15 is 0 Å². The van der Waals surface area contributed by atoms with Gasteiger partial charge >= 0.3 is 0 Å². The van der Waals surface area contributed by atoms with Crippen LogP contribution < -0.4 is 10.9 Å². The van der Waals surface area contributed by atoms with Gasteiger partial charge in [0.2, 0.25) is 0 Å². The highest BCUT2D eigenvalue weighted by Gasteiger charge is 1.94. The standard InChI is InChI=1S/C11H11N3O/c15-11-6-10(8-13-14-11)12-7-9-4-2-1-3-5-9/h1-6,8H,7H2,(H2,12,14,15). The van der Waals surface area contributed by atoms with E-state index in [1.165, 1.54) is 6.07 Å². The van der Waals surface area contributed by atoms with Gasteiger partial charge in [-0.1, -0.05) is 30.3 Å². The molecule has 1 aromatic carbocycles. The lowest BCUT2D eigenvalue weighted by Gasteiger charge is -2.04. The van der Waals surface area contributed by atoms with Crippen molar-refractivity contribution in [1.82, 2.24) is 10.2 Å². The third-order valence-electron chi connectivity index (χ3n) is 2.00. The van der Waals surface area contributed by atoms with Gasteiger partial charge in [-0.15, -0.1) is 0 Å². The van der Waals surface area contributed by atoms with Gasteiger partial charge in [-0.2, -0.15) is 5.10 Å². The number of rotatable bonds is 3. The summed E-state index contributed by atoms with van der Waals surface area (Å²) in [4.78, 5) is 10.9. The minimum Gasteiger partial charge on any atom is -0.380 e. The van der Waals surface area contributed by atoms with E-state index < -0.39 is 0 Å². The molecule has 1 aromatic heterocycles. The van der Waals surface area contributed by atoms with E-state index in [1.807, 2.05) is 30.3 Å². The number of benzene rings is 1. The minimum absolute atomic E-state index is 0.201. The van der Waals surface area contributed by atoms with Crippen LogP contribution in [0, 0.1) is 0 Å². The van der Waals surface area contributed by atoms with Gasteiger partial charge in [-0.3, -0.25) is 4.79 Å². The molecule has 0 radical (unpaired) electrons. The Hall–Kier alpha value is -2.10. The van der Waals surface area contributed by atoms with Crippen LogP contribution in [0.4, 0.5) is 5.69 Å². The summed E-state index contributed by atoms with van der Waals surface area (Å²) in [5, 5.41) is 9.14. The fraction of sp³-hybridized carbons (Fsp3) is 0.0909. The Bertz CT molecular complexity index is 478. The Morgan fingerprint density at radius 2 is 2.07 bits per heavy atom. The number of aromatic nitrogens is 2. The second-order valence-electron chi connectivity index (χ2n) is 3.17. The first-order chi connectivity index (χ1) is 7.34. The minimum atomic E-state index is -0.201. The van der Waals surface area contributed by atoms with Crippen molar-refractivity contribution in [2.45, 2.75) is 6.54 Å². The molecule has 0 saturated carbocycles. The molecule has 0 aliphatic heterocycles. The van der Waals surface area contributed by atoms with Crippen LogP contribution in [0.25, 0.3) is 0 Å². The van der Waals surface area contributed by atoms with Gasteiger partial charge in [0, 0.05) is 12.6 Å². The highest BCUT2D eigenvalue weighted by Crippen LogP contribution is 2.04. The predicted molar refractivity (Wildman–Crippen MR) is 58.6 cm³/mol. The molecule has 0 amide bonds. The fourth-order valence-electron chi connectivity index (χ4n) is 1.27. The van der Waals surface area contributed by atoms with Crippen molar-refractivity contribution in [2.75, 3.05) is 5.32 Å². The lowest BCUT2D eigenvalue weighted by Crippen LogP contribution is -2.08. The highest BCUT2D eigenvalue weighted by molar-refractivity contribution is 5.39. The largest absolute Gasteiger partial charge is 0.380 e. The topological polar surface area (TPSA) is 57.8 Å². The maximum atomic E-state index is 10.9. The first-order valence-electron chi connectivity index (χ1n) is 4.67. The van der Waals surface area contributed by atoms with Crippen molar-refractivity contribution in [1.29, 1.82) is 0 Å². The zero-order valence-electron chi connectivity index (χ0n) is 8.10. The molecule has 15 heavy (non-hydrogen) atoms. The maximum absolute atomic E-state index is 10.9. The van der Waals surface area contributed by atoms with Crippen molar-refractivity contribution >= 4 is 5.69 Å². The lowest BCUT2D eigenvalue weighted by atomic mass is 10.2. The summed E-state index contributed by atoms with van der Waals surface area (Å²) in [7, 11) is 0. The average molecular weight is 201 g/mol. The number of anilines is 1. The van der Waals surface area contributed by atoms with Crippen LogP contribution in [0.3, 0.4) is 0 Å². The third-order valence-corrected chi connectivity index (χ3v) is 2.00. The summed E-state index contributed by atoms with van der Waals surface area (Å²) in [5.41, 5.74) is 1.69. The van der Waals surface area contributed by atoms with Crippen molar-refractivity contribution < 1.29 is 0 Å². The maximum Gasteiger partial charge on any atom is 0.266 e. The van der Waals surface area contributed by atoms with Crippen molar-refractivity contribution in [3.8, 4) is 0 Å². The third kappa shape index (κ3) is 2.67. The molecule has 76 valence electrons. The molecule has 0 spiro atoms. The van der Waals surface area contributed by atoms with Gasteiger partial charge < -0.3 is 5.32 Å². The van der Waals surface area contributed by atoms with E-state index in [2.05, 4.69) is 15.5 Å². The molecule has 4 heteroatoms. The molecule has 0 bridgehead atoms. The number of nitrogens with zero attached hydrogens (tertiary/aromatic N) is 1. The number of aromatic amines is 1. The second kappa shape index (κ2) is 4.41. The van der Waals surface area contributed by atoms with Crippen LogP contribution in [0.2, 0.25) is 0 Å². The Morgan fingerprint density at radius 3 is 2.80 bits per heavy atom. The van der Waals surface area contributed by atoms with Crippen LogP contribution >= 0.6 is 0 Å². The summed E-state index contributed by atoms with van der Waals surface area (Å²) >= 11 is 0. The smallest absolute Gasteiger partial charge is 0.266 e. The van der Waals surface area contributed by atoms with Gasteiger partial charge in [0.15, 0.2) is 0 Å². The Kier molecular flexibility index (Phi) is 2.78. The van der Waals surface area contributed by atoms with Gasteiger partial charge in [0.1, 0.15) is 0 Å². The van der Waals surface area contributed by atoms with Crippen LogP contribution in [0.15, 0.2) is 47.4 Å². The van der Waals surface area contributed by atoms with Crippen LogP contribution in [-0.2, 0) is 6.54 Å². The van der Waals surface area contributed by atoms with Crippen molar-refractivity contribution in [3.63, 3.8) is 0 Å². The van der Waals surface area contributed by atoms with E-state index in [9.17, 15) is 4.79 Å². The summed E-state index contributed by atoms with van der Waals surface area (Å²) < 4.78 is 0. The summed E-state index contributed by atoms with van der Waals surface area (Å²) in [6.07, 6.45) is 1.59. The number of hydrogen-bond donors (Lipinski definition) is 2. The molecular formula is C11H11N3O. The highest BCUT2D eigenvalue weighted by atomic mass is 16.1. The molecule has 2 aromatic rings. The zero-order chi connectivity index (χ0) is 10.5. The molecule has 0 unspecified atom stereocenters. The van der Waals surface area contributed by atoms with E-state index in [0.29, 0.717) is 6.54 Å². The molecule has 1 heterocycles. The first-order valence-corrected chi connectivity index (χ1v) is 4.67. The number of nitrogens with one attached hydrogen (secondary N) is 2. The average Bonchev–Trinajstić information content (AvgIpc) is 2.28. The lowest BCUT2D eigenvalue weighted by molar-refractivity contribution is 0.981. The number of H-pyrrole nitrogens is 1. The molecule has 0 atom stereocenters. The van der Waals surface area contributed by atoms with Crippen LogP contribution in [0.1, 0.15) is 5.56 Å². The summed E-state index contributed by atoms with van der Waals surface area (Å²) in [5.74, 6) is 0. The Balaban J connectivity index is 2.02. The van der Waals surface area contributed by atoms with E-state index in [1.54, 1.807) is 6.20 Å². The summed E-state index contributed by atoms with van der Waals surface area (Å²) in [6, 6.07) is 11.5. The molecule has 2 N–H and O–H groups in total. The van der Waals surface area contributed by atoms with Gasteiger partial charge in [0.25, 0.3) is 5.56 Å². The molecule has 2 rings (SSSR count). The quantitative estimate of drug-likeness (QED) is 0.788. The molecule has 0 aliphatic rings. The monoisotopic (exact) mass is 201 g/mol. The van der Waals surface area contributed by atoms with Crippen LogP contribution in [0.5, 0.6) is 0 Å². The van der Waals surface area contributed by atoms with Crippen LogP contribution in [-0.4, -0.2) is 10.2 Å². The van der Waals surface area contributed by atoms with Gasteiger partial charge in [-0.25, -0.2) is 5.10 Å². The predicted octanol–water partition coefficient (Wildman–Crippen LogP) is 1.38. The second-order valence-corrected chi connectivity index (χ2v) is 3.17.